The van der Waals surface area contributed by atoms with Crippen molar-refractivity contribution in [2.24, 2.45) is 5.92 Å². The van der Waals surface area contributed by atoms with E-state index >= 15 is 0 Å². The van der Waals surface area contributed by atoms with Gasteiger partial charge in [0.15, 0.2) is 0 Å². The van der Waals surface area contributed by atoms with E-state index in [0.29, 0.717) is 0 Å². The molecule has 0 fully saturated rings. The molecule has 0 radical (unpaired) electrons. The van der Waals surface area contributed by atoms with Crippen molar-refractivity contribution in [2.45, 2.75) is 59.3 Å². The van der Waals surface area contributed by atoms with Crippen LogP contribution in [0.5, 0.6) is 0 Å². The first-order valence-corrected chi connectivity index (χ1v) is 14.8. The Bertz CT molecular complexity index is 1110. The number of rotatable bonds is 16. The molecular weight excluding hydrogens is 523 g/mol. The Morgan fingerprint density at radius 1 is 0.949 bits per heavy atom. The topological polar surface area (TPSA) is 140 Å². The monoisotopic (exact) mass is 562 g/mol. The highest BCUT2D eigenvalue weighted by molar-refractivity contribution is 7.52. The molecule has 0 bridgehead atoms. The zero-order valence-electron chi connectivity index (χ0n) is 22.9. The zero-order valence-corrected chi connectivity index (χ0v) is 23.8. The van der Waals surface area contributed by atoms with E-state index in [1.165, 1.54) is 0 Å². The quantitative estimate of drug-likeness (QED) is 0.157. The van der Waals surface area contributed by atoms with E-state index in [2.05, 4.69) is 10.6 Å². The van der Waals surface area contributed by atoms with Crippen LogP contribution >= 0.6 is 7.60 Å². The van der Waals surface area contributed by atoms with Crippen molar-refractivity contribution < 1.29 is 37.8 Å². The highest BCUT2D eigenvalue weighted by atomic mass is 31.2. The maximum atomic E-state index is 13.0. The highest BCUT2D eigenvalue weighted by Gasteiger charge is 2.31. The second-order valence-corrected chi connectivity index (χ2v) is 11.0. The van der Waals surface area contributed by atoms with Crippen molar-refractivity contribution >= 4 is 25.4 Å². The second kappa shape index (κ2) is 16.2. The van der Waals surface area contributed by atoms with Gasteiger partial charge in [0, 0.05) is 18.9 Å². The average Bonchev–Trinajstić information content (AvgIpc) is 2.91. The molecule has 2 aromatic carbocycles. The molecular formula is C28H39N2O8P. The number of esters is 2. The summed E-state index contributed by atoms with van der Waals surface area (Å²) in [5.74, 6) is -1.82. The van der Waals surface area contributed by atoms with Crippen molar-refractivity contribution in [1.82, 2.24) is 10.6 Å². The predicted octanol–water partition coefficient (Wildman–Crippen LogP) is 4.02. The summed E-state index contributed by atoms with van der Waals surface area (Å²) < 4.78 is 28.1. The van der Waals surface area contributed by atoms with Crippen LogP contribution in [0.2, 0.25) is 0 Å². The van der Waals surface area contributed by atoms with Crippen molar-refractivity contribution in [3.63, 3.8) is 0 Å². The van der Waals surface area contributed by atoms with Gasteiger partial charge < -0.3 is 19.7 Å². The molecule has 11 heteroatoms. The number of amides is 1. The van der Waals surface area contributed by atoms with Crippen LogP contribution in [-0.2, 0) is 39.4 Å². The summed E-state index contributed by atoms with van der Waals surface area (Å²) in [4.78, 5) is 46.8. The van der Waals surface area contributed by atoms with Crippen LogP contribution < -0.4 is 10.6 Å². The molecule has 3 atom stereocenters. The summed E-state index contributed by atoms with van der Waals surface area (Å²) in [7, 11) is -4.31. The Labute approximate surface area is 230 Å². The molecule has 1 amide bonds. The van der Waals surface area contributed by atoms with E-state index in [9.17, 15) is 23.8 Å². The third-order valence-corrected chi connectivity index (χ3v) is 6.76. The van der Waals surface area contributed by atoms with Crippen LogP contribution in [-0.4, -0.2) is 54.5 Å². The summed E-state index contributed by atoms with van der Waals surface area (Å²) in [6.07, 6.45) is -1.47. The second-order valence-electron chi connectivity index (χ2n) is 9.23. The van der Waals surface area contributed by atoms with Gasteiger partial charge in [-0.2, -0.15) is 0 Å². The smallest absolute Gasteiger partial charge is 0.344 e. The Morgan fingerprint density at radius 3 is 2.18 bits per heavy atom. The van der Waals surface area contributed by atoms with Crippen LogP contribution in [0.1, 0.15) is 46.1 Å². The molecule has 3 unspecified atom stereocenters. The maximum absolute atomic E-state index is 13.0. The van der Waals surface area contributed by atoms with Crippen LogP contribution in [0, 0.1) is 5.92 Å². The van der Waals surface area contributed by atoms with Gasteiger partial charge in [-0.3, -0.25) is 28.8 Å². The van der Waals surface area contributed by atoms with Crippen LogP contribution in [0.4, 0.5) is 0 Å². The molecule has 0 saturated carbocycles. The molecule has 0 heterocycles. The Morgan fingerprint density at radius 2 is 1.59 bits per heavy atom. The van der Waals surface area contributed by atoms with Gasteiger partial charge in [-0.25, -0.2) is 0 Å². The van der Waals surface area contributed by atoms with E-state index in [0.717, 1.165) is 16.7 Å². The number of ether oxygens (including phenoxy) is 2. The molecule has 3 N–H and O–H groups in total. The number of hydrogen-bond acceptors (Lipinski definition) is 8. The maximum Gasteiger partial charge on any atom is 0.344 e. The molecule has 2 aromatic rings. The Balaban J connectivity index is 2.11. The number of hydrogen-bond donors (Lipinski definition) is 3. The Kier molecular flexibility index (Phi) is 13.3. The van der Waals surface area contributed by atoms with Crippen molar-refractivity contribution in [3.8, 4) is 11.1 Å². The van der Waals surface area contributed by atoms with Gasteiger partial charge in [-0.1, -0.05) is 75.4 Å². The largest absolute Gasteiger partial charge is 0.466 e. The fourth-order valence-corrected chi connectivity index (χ4v) is 4.66. The lowest BCUT2D eigenvalue weighted by Crippen LogP contribution is -2.46. The van der Waals surface area contributed by atoms with E-state index in [-0.39, 0.29) is 38.3 Å². The number of benzene rings is 2. The van der Waals surface area contributed by atoms with Crippen molar-refractivity contribution in [2.75, 3.05) is 19.4 Å². The van der Waals surface area contributed by atoms with E-state index < -0.39 is 44.1 Å². The molecule has 2 rings (SSSR count). The summed E-state index contributed by atoms with van der Waals surface area (Å²) in [6.45, 7) is 6.99. The summed E-state index contributed by atoms with van der Waals surface area (Å²) >= 11 is 0. The molecule has 0 aliphatic heterocycles. The molecule has 0 aliphatic carbocycles. The normalized spacial score (nSPS) is 14.2. The molecule has 0 saturated heterocycles. The van der Waals surface area contributed by atoms with Gasteiger partial charge in [0.05, 0.1) is 25.4 Å². The summed E-state index contributed by atoms with van der Waals surface area (Å²) in [5.41, 5.74) is 2.88. The minimum Gasteiger partial charge on any atom is -0.466 e. The lowest BCUT2D eigenvalue weighted by atomic mass is 10.0. The van der Waals surface area contributed by atoms with Gasteiger partial charge in [0.1, 0.15) is 0 Å². The average molecular weight is 563 g/mol. The van der Waals surface area contributed by atoms with Gasteiger partial charge in [0.25, 0.3) is 0 Å². The lowest BCUT2D eigenvalue weighted by molar-refractivity contribution is -0.170. The SMILES string of the molecule is CCOC(=O)CCNC(=O)C(Cc1ccc(-c2ccccc2)cc1)NCP(=O)(O)OC(OC(=O)CC)C(C)C. The summed E-state index contributed by atoms with van der Waals surface area (Å²) in [6, 6.07) is 16.6. The molecule has 0 aromatic heterocycles. The van der Waals surface area contributed by atoms with Gasteiger partial charge in [-0.15, -0.1) is 0 Å². The molecule has 214 valence electrons. The first-order valence-electron chi connectivity index (χ1n) is 13.0. The standard InChI is InChI=1S/C28H39N2O8P/c1-5-25(31)37-28(20(3)4)38-39(34,35)19-30-24(27(33)29-17-16-26(32)36-6-2)18-21-12-14-23(15-13-21)22-10-8-7-9-11-22/h7-15,20,24,28,30H,5-6,16-19H2,1-4H3,(H,29,33)(H,34,35). The third kappa shape index (κ3) is 11.7. The number of carbonyl (C=O) groups is 3. The van der Waals surface area contributed by atoms with E-state index in [1.54, 1.807) is 27.7 Å². The molecule has 39 heavy (non-hydrogen) atoms. The van der Waals surface area contributed by atoms with Crippen LogP contribution in [0.25, 0.3) is 11.1 Å². The van der Waals surface area contributed by atoms with Crippen LogP contribution in [0.3, 0.4) is 0 Å². The minimum atomic E-state index is -4.31. The van der Waals surface area contributed by atoms with Crippen molar-refractivity contribution in [1.29, 1.82) is 0 Å². The third-order valence-electron chi connectivity index (χ3n) is 5.64. The number of carbonyl (C=O) groups excluding carboxylic acids is 3. The molecule has 0 spiro atoms. The van der Waals surface area contributed by atoms with Gasteiger partial charge in [0.2, 0.25) is 12.2 Å². The lowest BCUT2D eigenvalue weighted by Gasteiger charge is -2.25. The fourth-order valence-electron chi connectivity index (χ4n) is 3.52. The highest BCUT2D eigenvalue weighted by Crippen LogP contribution is 2.43. The predicted molar refractivity (Wildman–Crippen MR) is 148 cm³/mol. The minimum absolute atomic E-state index is 0.00145. The van der Waals surface area contributed by atoms with Crippen molar-refractivity contribution in [3.05, 3.63) is 60.2 Å². The van der Waals surface area contributed by atoms with E-state index in [4.69, 9.17) is 14.0 Å². The van der Waals surface area contributed by atoms with Crippen LogP contribution in [0.15, 0.2) is 54.6 Å². The molecule has 10 nitrogen and oxygen atoms in total. The van der Waals surface area contributed by atoms with Gasteiger partial charge in [-0.05, 0) is 30.0 Å². The summed E-state index contributed by atoms with van der Waals surface area (Å²) in [5, 5.41) is 5.50. The fraction of sp³-hybridized carbons (Fsp3) is 0.464. The van der Waals surface area contributed by atoms with E-state index in [1.807, 2.05) is 54.6 Å². The molecule has 0 aliphatic rings. The zero-order chi connectivity index (χ0) is 28.8. The number of nitrogens with one attached hydrogen (secondary N) is 2. The first-order chi connectivity index (χ1) is 18.5. The van der Waals surface area contributed by atoms with Gasteiger partial charge >= 0.3 is 19.5 Å². The first kappa shape index (κ1) is 32.2. The Hall–Kier alpha value is -3.04.